The third-order valence-corrected chi connectivity index (χ3v) is 4.35. The first-order valence-electron chi connectivity index (χ1n) is 6.55. The van der Waals surface area contributed by atoms with E-state index in [4.69, 9.17) is 12.2 Å². The van der Waals surface area contributed by atoms with E-state index in [0.717, 1.165) is 0 Å². The van der Waals surface area contributed by atoms with E-state index in [2.05, 4.69) is 4.99 Å². The average molecular weight is 348 g/mol. The number of hydrogen-bond acceptors (Lipinski definition) is 4. The molecule has 3 aromatic rings. The zero-order valence-corrected chi connectivity index (χ0v) is 13.2. The summed E-state index contributed by atoms with van der Waals surface area (Å²) in [4.78, 5) is 4.64. The summed E-state index contributed by atoms with van der Waals surface area (Å²) in [5.74, 6) is -0.782. The molecule has 0 spiro atoms. The fourth-order valence-corrected chi connectivity index (χ4v) is 3.16. The van der Waals surface area contributed by atoms with Gasteiger partial charge in [0, 0.05) is 0 Å². The Morgan fingerprint density at radius 1 is 1.00 bits per heavy atom. The Kier molecular flexibility index (Phi) is 4.31. The molecule has 0 aliphatic carbocycles. The van der Waals surface area contributed by atoms with Gasteiger partial charge in [0.05, 0.1) is 17.6 Å². The van der Waals surface area contributed by atoms with Gasteiger partial charge in [0.25, 0.3) is 0 Å². The molecule has 3 nitrogen and oxygen atoms in total. The number of halogens is 2. The Balaban J connectivity index is 1.96. The zero-order chi connectivity index (χ0) is 16.4. The van der Waals surface area contributed by atoms with Crippen LogP contribution in [0.3, 0.4) is 0 Å². The first-order valence-corrected chi connectivity index (χ1v) is 7.77. The van der Waals surface area contributed by atoms with Gasteiger partial charge in [0.15, 0.2) is 3.95 Å². The highest BCUT2D eigenvalue weighted by atomic mass is 32.1. The van der Waals surface area contributed by atoms with Crippen molar-refractivity contribution in [2.45, 2.75) is 0 Å². The Hall–Kier alpha value is -2.38. The lowest BCUT2D eigenvalue weighted by Gasteiger charge is -2.04. The minimum Gasteiger partial charge on any atom is -0.493 e. The molecule has 3 rings (SSSR count). The highest BCUT2D eigenvalue weighted by molar-refractivity contribution is 7.73. The molecule has 0 saturated carbocycles. The Bertz CT molecular complexity index is 913. The number of aliphatic imine (C=N–C) groups is 1. The van der Waals surface area contributed by atoms with Crippen molar-refractivity contribution in [1.29, 1.82) is 0 Å². The Morgan fingerprint density at radius 2 is 1.57 bits per heavy atom. The summed E-state index contributed by atoms with van der Waals surface area (Å²) < 4.78 is 27.7. The lowest BCUT2D eigenvalue weighted by Crippen LogP contribution is -1.93. The Morgan fingerprint density at radius 3 is 2.17 bits per heavy atom. The van der Waals surface area contributed by atoms with Gasteiger partial charge in [-0.2, -0.15) is 0 Å². The molecule has 7 heteroatoms. The molecule has 0 unspecified atom stereocenters. The van der Waals surface area contributed by atoms with Gasteiger partial charge in [-0.1, -0.05) is 11.3 Å². The van der Waals surface area contributed by atoms with Crippen LogP contribution in [0.2, 0.25) is 0 Å². The van der Waals surface area contributed by atoms with Crippen LogP contribution in [0.4, 0.5) is 14.5 Å². The SMILES string of the molecule is Oc1c(C=Nc2ccc(F)cc2)sc(=S)n1-c1ccc(F)cc1. The van der Waals surface area contributed by atoms with Gasteiger partial charge in [0.2, 0.25) is 5.88 Å². The van der Waals surface area contributed by atoms with Crippen LogP contribution < -0.4 is 0 Å². The van der Waals surface area contributed by atoms with Crippen molar-refractivity contribution < 1.29 is 13.9 Å². The monoisotopic (exact) mass is 348 g/mol. The van der Waals surface area contributed by atoms with Crippen LogP contribution in [-0.4, -0.2) is 15.9 Å². The summed E-state index contributed by atoms with van der Waals surface area (Å²) >= 11 is 6.41. The van der Waals surface area contributed by atoms with Crippen LogP contribution in [0, 0.1) is 15.6 Å². The molecule has 1 N–H and O–H groups in total. The maximum Gasteiger partial charge on any atom is 0.216 e. The van der Waals surface area contributed by atoms with E-state index in [0.29, 0.717) is 20.2 Å². The summed E-state index contributed by atoms with van der Waals surface area (Å²) in [5, 5.41) is 10.3. The zero-order valence-electron chi connectivity index (χ0n) is 11.6. The molecule has 1 aromatic heterocycles. The molecule has 2 aromatic carbocycles. The van der Waals surface area contributed by atoms with Gasteiger partial charge >= 0.3 is 0 Å². The molecule has 23 heavy (non-hydrogen) atoms. The van der Waals surface area contributed by atoms with Gasteiger partial charge < -0.3 is 5.11 Å². The average Bonchev–Trinajstić information content (AvgIpc) is 2.82. The summed E-state index contributed by atoms with van der Waals surface area (Å²) in [5.41, 5.74) is 1.12. The molecule has 0 atom stereocenters. The number of benzene rings is 2. The topological polar surface area (TPSA) is 37.5 Å². The lowest BCUT2D eigenvalue weighted by molar-refractivity contribution is 0.441. The first kappa shape index (κ1) is 15.5. The number of nitrogens with zero attached hydrogens (tertiary/aromatic N) is 2. The van der Waals surface area contributed by atoms with E-state index in [1.165, 1.54) is 70.6 Å². The van der Waals surface area contributed by atoms with Crippen molar-refractivity contribution in [2.75, 3.05) is 0 Å². The standard InChI is InChI=1S/C16H10F2N2OS2/c17-10-1-5-12(6-2-10)19-9-14-15(21)20(16(22)23-14)13-7-3-11(18)4-8-13/h1-9,21H. The smallest absolute Gasteiger partial charge is 0.216 e. The summed E-state index contributed by atoms with van der Waals surface area (Å²) in [6, 6.07) is 11.3. The maximum atomic E-state index is 13.0. The number of thiazole rings is 1. The minimum absolute atomic E-state index is 0.0718. The van der Waals surface area contributed by atoms with Gasteiger partial charge in [0.1, 0.15) is 16.5 Å². The second-order valence-electron chi connectivity index (χ2n) is 4.60. The normalized spacial score (nSPS) is 11.2. The van der Waals surface area contributed by atoms with Crippen molar-refractivity contribution in [3.63, 3.8) is 0 Å². The van der Waals surface area contributed by atoms with Crippen LogP contribution >= 0.6 is 23.6 Å². The molecule has 0 aliphatic rings. The summed E-state index contributed by atoms with van der Waals surface area (Å²) in [7, 11) is 0. The van der Waals surface area contributed by atoms with Crippen molar-refractivity contribution in [3.05, 3.63) is 69.0 Å². The molecular weight excluding hydrogens is 338 g/mol. The van der Waals surface area contributed by atoms with Crippen molar-refractivity contribution in [3.8, 4) is 11.6 Å². The first-order chi connectivity index (χ1) is 11.0. The third kappa shape index (κ3) is 3.35. The molecular formula is C16H10F2N2OS2. The van der Waals surface area contributed by atoms with E-state index in [-0.39, 0.29) is 17.5 Å². The molecule has 0 bridgehead atoms. The van der Waals surface area contributed by atoms with Crippen molar-refractivity contribution >= 4 is 35.5 Å². The van der Waals surface area contributed by atoms with Crippen LogP contribution in [0.25, 0.3) is 5.69 Å². The number of aromatic hydroxyl groups is 1. The quantitative estimate of drug-likeness (QED) is 0.534. The largest absolute Gasteiger partial charge is 0.493 e. The van der Waals surface area contributed by atoms with Gasteiger partial charge in [-0.3, -0.25) is 9.56 Å². The molecule has 0 fully saturated rings. The predicted octanol–water partition coefficient (Wildman–Crippen LogP) is 5.00. The van der Waals surface area contributed by atoms with Gasteiger partial charge in [-0.05, 0) is 60.7 Å². The van der Waals surface area contributed by atoms with E-state index in [1.807, 2.05) is 0 Å². The highest BCUT2D eigenvalue weighted by Crippen LogP contribution is 2.29. The second-order valence-corrected chi connectivity index (χ2v) is 6.28. The highest BCUT2D eigenvalue weighted by Gasteiger charge is 2.12. The molecule has 0 amide bonds. The second kappa shape index (κ2) is 6.39. The Labute approximate surface area is 139 Å². The minimum atomic E-state index is -0.368. The van der Waals surface area contributed by atoms with E-state index < -0.39 is 0 Å². The molecule has 0 radical (unpaired) electrons. The van der Waals surface area contributed by atoms with Crippen LogP contribution in [0.5, 0.6) is 5.88 Å². The summed E-state index contributed by atoms with van der Waals surface area (Å²) in [6.45, 7) is 0. The number of hydrogen-bond donors (Lipinski definition) is 1. The van der Waals surface area contributed by atoms with Crippen LogP contribution in [-0.2, 0) is 0 Å². The molecule has 0 aliphatic heterocycles. The number of rotatable bonds is 3. The lowest BCUT2D eigenvalue weighted by atomic mass is 10.3. The van der Waals surface area contributed by atoms with Gasteiger partial charge in [-0.25, -0.2) is 8.78 Å². The molecule has 1 heterocycles. The van der Waals surface area contributed by atoms with Crippen molar-refractivity contribution in [1.82, 2.24) is 4.57 Å². The van der Waals surface area contributed by atoms with E-state index in [9.17, 15) is 13.9 Å². The fraction of sp³-hybridized carbons (Fsp3) is 0. The van der Waals surface area contributed by atoms with Crippen LogP contribution in [0.15, 0.2) is 53.5 Å². The molecule has 116 valence electrons. The van der Waals surface area contributed by atoms with Crippen LogP contribution in [0.1, 0.15) is 4.88 Å². The predicted molar refractivity (Wildman–Crippen MR) is 89.8 cm³/mol. The fourth-order valence-electron chi connectivity index (χ4n) is 1.94. The maximum absolute atomic E-state index is 13.0. The number of aromatic nitrogens is 1. The van der Waals surface area contributed by atoms with Gasteiger partial charge in [-0.15, -0.1) is 0 Å². The third-order valence-electron chi connectivity index (χ3n) is 3.05. The summed E-state index contributed by atoms with van der Waals surface area (Å²) in [6.07, 6.45) is 1.46. The van der Waals surface area contributed by atoms with Crippen molar-refractivity contribution in [2.24, 2.45) is 4.99 Å². The van der Waals surface area contributed by atoms with E-state index in [1.54, 1.807) is 0 Å². The molecule has 0 saturated heterocycles. The van der Waals surface area contributed by atoms with E-state index >= 15 is 0 Å².